The van der Waals surface area contributed by atoms with Gasteiger partial charge in [0.2, 0.25) is 5.89 Å². The minimum atomic E-state index is -0.275. The van der Waals surface area contributed by atoms with Gasteiger partial charge in [0.15, 0.2) is 5.58 Å². The number of rotatable bonds is 1. The second-order valence-electron chi connectivity index (χ2n) is 4.18. The van der Waals surface area contributed by atoms with E-state index in [4.69, 9.17) is 10.2 Å². The fraction of sp³-hybridized carbons (Fsp3) is 0.0714. The van der Waals surface area contributed by atoms with Gasteiger partial charge in [-0.15, -0.1) is 0 Å². The van der Waals surface area contributed by atoms with Crippen molar-refractivity contribution in [1.29, 1.82) is 0 Å². The van der Waals surface area contributed by atoms with E-state index in [2.05, 4.69) is 4.98 Å². The third-order valence-electron chi connectivity index (χ3n) is 2.87. The molecule has 90 valence electrons. The standard InChI is InChI=1S/C14H11FN2O/c1-8-5-6-9(7-10(8)15)14-17-13-11(16)3-2-4-12(13)18-14/h2-7H,16H2,1H3. The molecule has 0 amide bonds. The quantitative estimate of drug-likeness (QED) is 0.664. The zero-order valence-electron chi connectivity index (χ0n) is 9.77. The van der Waals surface area contributed by atoms with Crippen LogP contribution in [0.4, 0.5) is 10.1 Å². The first kappa shape index (κ1) is 10.8. The summed E-state index contributed by atoms with van der Waals surface area (Å²) >= 11 is 0. The van der Waals surface area contributed by atoms with Gasteiger partial charge in [-0.25, -0.2) is 9.37 Å². The number of fused-ring (bicyclic) bond motifs is 1. The molecule has 1 aromatic heterocycles. The summed E-state index contributed by atoms with van der Waals surface area (Å²) in [4.78, 5) is 4.29. The maximum Gasteiger partial charge on any atom is 0.227 e. The zero-order valence-corrected chi connectivity index (χ0v) is 9.77. The van der Waals surface area contributed by atoms with Gasteiger partial charge in [-0.05, 0) is 36.8 Å². The molecule has 0 radical (unpaired) electrons. The molecule has 2 N–H and O–H groups in total. The Hall–Kier alpha value is -2.36. The lowest BCUT2D eigenvalue weighted by Gasteiger charge is -1.98. The number of aromatic nitrogens is 1. The van der Waals surface area contributed by atoms with Crippen molar-refractivity contribution in [2.45, 2.75) is 6.92 Å². The molecule has 3 nitrogen and oxygen atoms in total. The predicted octanol–water partition coefficient (Wildman–Crippen LogP) is 3.52. The zero-order chi connectivity index (χ0) is 12.7. The number of para-hydroxylation sites is 1. The van der Waals surface area contributed by atoms with E-state index in [-0.39, 0.29) is 5.82 Å². The Labute approximate surface area is 103 Å². The topological polar surface area (TPSA) is 52.0 Å². The van der Waals surface area contributed by atoms with Crippen LogP contribution in [-0.2, 0) is 0 Å². The van der Waals surface area contributed by atoms with Gasteiger partial charge in [0.05, 0.1) is 5.69 Å². The summed E-state index contributed by atoms with van der Waals surface area (Å²) in [5.74, 6) is 0.101. The molecule has 0 unspecified atom stereocenters. The smallest absolute Gasteiger partial charge is 0.227 e. The van der Waals surface area contributed by atoms with Gasteiger partial charge in [-0.2, -0.15) is 0 Å². The second kappa shape index (κ2) is 3.84. The van der Waals surface area contributed by atoms with E-state index in [1.165, 1.54) is 6.07 Å². The van der Waals surface area contributed by atoms with Crippen molar-refractivity contribution in [2.75, 3.05) is 5.73 Å². The van der Waals surface area contributed by atoms with E-state index in [0.717, 1.165) is 0 Å². The van der Waals surface area contributed by atoms with Crippen molar-refractivity contribution in [3.8, 4) is 11.5 Å². The summed E-state index contributed by atoms with van der Waals surface area (Å²) in [7, 11) is 0. The first-order chi connectivity index (χ1) is 8.65. The predicted molar refractivity (Wildman–Crippen MR) is 68.6 cm³/mol. The molecule has 0 fully saturated rings. The van der Waals surface area contributed by atoms with Crippen LogP contribution in [0.2, 0.25) is 0 Å². The highest BCUT2D eigenvalue weighted by molar-refractivity contribution is 5.87. The van der Waals surface area contributed by atoms with Gasteiger partial charge in [-0.1, -0.05) is 12.1 Å². The maximum absolute atomic E-state index is 13.5. The Balaban J connectivity index is 2.19. The summed E-state index contributed by atoms with van der Waals surface area (Å²) in [6, 6.07) is 10.2. The van der Waals surface area contributed by atoms with Crippen LogP contribution < -0.4 is 5.73 Å². The van der Waals surface area contributed by atoms with Crippen LogP contribution in [0.5, 0.6) is 0 Å². The Bertz CT molecular complexity index is 734. The average Bonchev–Trinajstić information content (AvgIpc) is 2.78. The number of hydrogen-bond acceptors (Lipinski definition) is 3. The molecule has 0 aliphatic rings. The van der Waals surface area contributed by atoms with E-state index < -0.39 is 0 Å². The average molecular weight is 242 g/mol. The number of nitrogen functional groups attached to an aromatic ring is 1. The Morgan fingerprint density at radius 1 is 1.22 bits per heavy atom. The van der Waals surface area contributed by atoms with Crippen molar-refractivity contribution in [3.05, 3.63) is 47.8 Å². The SMILES string of the molecule is Cc1ccc(-c2nc3c(N)cccc3o2)cc1F. The fourth-order valence-corrected chi connectivity index (χ4v) is 1.82. The largest absolute Gasteiger partial charge is 0.436 e. The normalized spacial score (nSPS) is 11.0. The van der Waals surface area contributed by atoms with E-state index in [9.17, 15) is 4.39 Å². The highest BCUT2D eigenvalue weighted by Crippen LogP contribution is 2.28. The second-order valence-corrected chi connectivity index (χ2v) is 4.18. The van der Waals surface area contributed by atoms with Crippen molar-refractivity contribution in [3.63, 3.8) is 0 Å². The first-order valence-corrected chi connectivity index (χ1v) is 5.57. The summed E-state index contributed by atoms with van der Waals surface area (Å²) in [6.45, 7) is 1.71. The number of benzene rings is 2. The van der Waals surface area contributed by atoms with E-state index in [1.807, 2.05) is 0 Å². The van der Waals surface area contributed by atoms with Crippen LogP contribution in [0, 0.1) is 12.7 Å². The molecule has 4 heteroatoms. The Morgan fingerprint density at radius 3 is 2.78 bits per heavy atom. The molecule has 0 saturated carbocycles. The summed E-state index contributed by atoms with van der Waals surface area (Å²) < 4.78 is 19.1. The van der Waals surface area contributed by atoms with Crippen molar-refractivity contribution < 1.29 is 8.81 Å². The number of hydrogen-bond donors (Lipinski definition) is 1. The molecule has 0 atom stereocenters. The molecule has 1 heterocycles. The van der Waals surface area contributed by atoms with E-state index in [0.29, 0.717) is 33.8 Å². The molecule has 3 rings (SSSR count). The molecule has 0 aliphatic carbocycles. The Morgan fingerprint density at radius 2 is 2.06 bits per heavy atom. The number of anilines is 1. The fourth-order valence-electron chi connectivity index (χ4n) is 1.82. The van der Waals surface area contributed by atoms with Crippen molar-refractivity contribution in [2.24, 2.45) is 0 Å². The molecule has 0 bridgehead atoms. The number of halogens is 1. The van der Waals surface area contributed by atoms with Crippen LogP contribution in [-0.4, -0.2) is 4.98 Å². The minimum Gasteiger partial charge on any atom is -0.436 e. The van der Waals surface area contributed by atoms with Gasteiger partial charge in [0, 0.05) is 5.56 Å². The van der Waals surface area contributed by atoms with Gasteiger partial charge in [0.1, 0.15) is 11.3 Å². The number of oxazole rings is 1. The molecule has 0 saturated heterocycles. The van der Waals surface area contributed by atoms with Crippen molar-refractivity contribution >= 4 is 16.8 Å². The molecular weight excluding hydrogens is 231 g/mol. The molecular formula is C14H11FN2O. The summed E-state index contributed by atoms with van der Waals surface area (Å²) in [5, 5.41) is 0. The summed E-state index contributed by atoms with van der Waals surface area (Å²) in [6.07, 6.45) is 0. The van der Waals surface area contributed by atoms with Gasteiger partial charge < -0.3 is 10.2 Å². The van der Waals surface area contributed by atoms with Crippen LogP contribution in [0.1, 0.15) is 5.56 Å². The molecule has 0 aliphatic heterocycles. The molecule has 2 aromatic carbocycles. The highest BCUT2D eigenvalue weighted by atomic mass is 19.1. The van der Waals surface area contributed by atoms with Gasteiger partial charge >= 0.3 is 0 Å². The lowest BCUT2D eigenvalue weighted by Crippen LogP contribution is -1.86. The number of aryl methyl sites for hydroxylation is 1. The lowest BCUT2D eigenvalue weighted by molar-refractivity contribution is 0.607. The molecule has 0 spiro atoms. The maximum atomic E-state index is 13.5. The minimum absolute atomic E-state index is 0.275. The van der Waals surface area contributed by atoms with Crippen molar-refractivity contribution in [1.82, 2.24) is 4.98 Å². The highest BCUT2D eigenvalue weighted by Gasteiger charge is 2.11. The lowest BCUT2D eigenvalue weighted by atomic mass is 10.1. The third kappa shape index (κ3) is 1.62. The summed E-state index contributed by atoms with van der Waals surface area (Å²) in [5.41, 5.74) is 8.76. The van der Waals surface area contributed by atoms with Gasteiger partial charge in [0.25, 0.3) is 0 Å². The van der Waals surface area contributed by atoms with Gasteiger partial charge in [-0.3, -0.25) is 0 Å². The first-order valence-electron chi connectivity index (χ1n) is 5.57. The molecule has 3 aromatic rings. The van der Waals surface area contributed by atoms with E-state index >= 15 is 0 Å². The van der Waals surface area contributed by atoms with Crippen LogP contribution in [0.15, 0.2) is 40.8 Å². The van der Waals surface area contributed by atoms with Crippen LogP contribution in [0.25, 0.3) is 22.6 Å². The number of nitrogens with zero attached hydrogens (tertiary/aromatic N) is 1. The third-order valence-corrected chi connectivity index (χ3v) is 2.87. The van der Waals surface area contributed by atoms with Crippen LogP contribution >= 0.6 is 0 Å². The monoisotopic (exact) mass is 242 g/mol. The Kier molecular flexibility index (Phi) is 2.30. The van der Waals surface area contributed by atoms with E-state index in [1.54, 1.807) is 37.3 Å². The van der Waals surface area contributed by atoms with Crippen LogP contribution in [0.3, 0.4) is 0 Å². The molecule has 18 heavy (non-hydrogen) atoms. The number of nitrogens with two attached hydrogens (primary N) is 1.